The highest BCUT2D eigenvalue weighted by molar-refractivity contribution is 5.88. The van der Waals surface area contributed by atoms with E-state index in [0.29, 0.717) is 30.4 Å². The molecule has 0 spiro atoms. The fraction of sp³-hybridized carbons (Fsp3) is 0.400. The van der Waals surface area contributed by atoms with E-state index in [9.17, 15) is 4.79 Å². The first-order valence-electron chi connectivity index (χ1n) is 10.6. The van der Waals surface area contributed by atoms with Gasteiger partial charge in [-0.1, -0.05) is 45.0 Å². The van der Waals surface area contributed by atoms with Gasteiger partial charge in [-0.15, -0.1) is 0 Å². The second-order valence-corrected chi connectivity index (χ2v) is 8.01. The third-order valence-electron chi connectivity index (χ3n) is 5.50. The van der Waals surface area contributed by atoms with E-state index in [2.05, 4.69) is 49.3 Å². The lowest BCUT2D eigenvalue weighted by atomic mass is 9.87. The van der Waals surface area contributed by atoms with Crippen molar-refractivity contribution in [3.05, 3.63) is 59.3 Å². The summed E-state index contributed by atoms with van der Waals surface area (Å²) in [6.45, 7) is 7.02. The Kier molecular flexibility index (Phi) is 7.03. The molecule has 0 bridgehead atoms. The summed E-state index contributed by atoms with van der Waals surface area (Å²) in [5.41, 5.74) is 4.56. The summed E-state index contributed by atoms with van der Waals surface area (Å²) in [5.74, 6) is 1.70. The summed E-state index contributed by atoms with van der Waals surface area (Å²) < 4.78 is 10.9. The first-order valence-corrected chi connectivity index (χ1v) is 10.6. The maximum Gasteiger partial charge on any atom is 0.220 e. The number of para-hydroxylation sites is 1. The van der Waals surface area contributed by atoms with E-state index in [-0.39, 0.29) is 11.8 Å². The van der Waals surface area contributed by atoms with Crippen molar-refractivity contribution in [3.63, 3.8) is 0 Å². The van der Waals surface area contributed by atoms with Crippen LogP contribution in [0.2, 0.25) is 0 Å². The molecule has 0 aliphatic carbocycles. The Hall–Kier alpha value is -2.95. The van der Waals surface area contributed by atoms with Crippen LogP contribution in [0.5, 0.6) is 11.5 Å². The quantitative estimate of drug-likeness (QED) is 0.521. The van der Waals surface area contributed by atoms with Crippen molar-refractivity contribution < 1.29 is 14.3 Å². The average molecular weight is 409 g/mol. The minimum Gasteiger partial charge on any atom is -0.493 e. The normalized spacial score (nSPS) is 12.2. The van der Waals surface area contributed by atoms with Gasteiger partial charge in [0.05, 0.1) is 14.2 Å². The van der Waals surface area contributed by atoms with E-state index in [1.54, 1.807) is 14.2 Å². The summed E-state index contributed by atoms with van der Waals surface area (Å²) in [5, 5.41) is 4.22. The Balaban J connectivity index is 2.05. The first-order chi connectivity index (χ1) is 14.5. The van der Waals surface area contributed by atoms with Crippen LogP contribution < -0.4 is 14.8 Å². The Morgan fingerprint density at radius 3 is 2.53 bits per heavy atom. The maximum absolute atomic E-state index is 12.8. The predicted molar refractivity (Wildman–Crippen MR) is 122 cm³/mol. The van der Waals surface area contributed by atoms with Crippen molar-refractivity contribution in [1.29, 1.82) is 0 Å². The van der Waals surface area contributed by atoms with E-state index in [1.807, 2.05) is 24.4 Å². The summed E-state index contributed by atoms with van der Waals surface area (Å²) in [6.07, 6.45) is 3.36. The molecule has 1 heterocycles. The van der Waals surface area contributed by atoms with E-state index in [4.69, 9.17) is 9.47 Å². The van der Waals surface area contributed by atoms with Gasteiger partial charge in [0, 0.05) is 36.0 Å². The molecular weight excluding hydrogens is 376 g/mol. The molecule has 1 unspecified atom stereocenters. The molecule has 0 fully saturated rings. The van der Waals surface area contributed by atoms with Gasteiger partial charge in [0.1, 0.15) is 0 Å². The summed E-state index contributed by atoms with van der Waals surface area (Å²) in [4.78, 5) is 16.2. The molecule has 3 rings (SSSR count). The number of rotatable bonds is 9. The number of benzene rings is 2. The molecule has 0 aliphatic rings. The first kappa shape index (κ1) is 21.8. The summed E-state index contributed by atoms with van der Waals surface area (Å²) in [6, 6.07) is 12.2. The van der Waals surface area contributed by atoms with Crippen LogP contribution in [0.25, 0.3) is 10.9 Å². The number of hydrogen-bond acceptors (Lipinski definition) is 3. The predicted octanol–water partition coefficient (Wildman–Crippen LogP) is 5.04. The monoisotopic (exact) mass is 408 g/mol. The van der Waals surface area contributed by atoms with Gasteiger partial charge >= 0.3 is 0 Å². The number of carbonyl (C=O) groups excluding carboxylic acids is 1. The number of methoxy groups -OCH3 is 2. The molecule has 0 radical (unpaired) electrons. The van der Waals surface area contributed by atoms with Crippen molar-refractivity contribution in [1.82, 2.24) is 10.3 Å². The Morgan fingerprint density at radius 2 is 1.87 bits per heavy atom. The second-order valence-electron chi connectivity index (χ2n) is 8.01. The highest BCUT2D eigenvalue weighted by Crippen LogP contribution is 2.38. The molecule has 2 aromatic carbocycles. The zero-order valence-electron chi connectivity index (χ0n) is 18.5. The number of carbonyl (C=O) groups is 1. The molecule has 0 aliphatic heterocycles. The van der Waals surface area contributed by atoms with Crippen LogP contribution in [0.3, 0.4) is 0 Å². The second kappa shape index (κ2) is 9.70. The molecule has 2 N–H and O–H groups in total. The van der Waals surface area contributed by atoms with Crippen LogP contribution in [0.4, 0.5) is 0 Å². The number of fused-ring (bicyclic) bond motifs is 1. The number of aromatic amines is 1. The van der Waals surface area contributed by atoms with E-state index >= 15 is 0 Å². The Labute approximate surface area is 178 Å². The lowest BCUT2D eigenvalue weighted by Crippen LogP contribution is -2.28. The van der Waals surface area contributed by atoms with Crippen molar-refractivity contribution in [2.24, 2.45) is 5.92 Å². The van der Waals surface area contributed by atoms with E-state index in [1.165, 1.54) is 5.56 Å². The van der Waals surface area contributed by atoms with Gasteiger partial charge in [-0.05, 0) is 41.2 Å². The van der Waals surface area contributed by atoms with Crippen LogP contribution in [-0.2, 0) is 11.2 Å². The third-order valence-corrected chi connectivity index (χ3v) is 5.50. The standard InChI is InChI=1S/C25H32N2O3/c1-6-17-8-7-9-19-21(15-27-25(17)19)20(13-24(28)26-14-16(2)3)18-10-11-22(29-4)23(12-18)30-5/h7-12,15-16,20,27H,6,13-14H2,1-5H3,(H,26,28). The van der Waals surface area contributed by atoms with Crippen LogP contribution >= 0.6 is 0 Å². The van der Waals surface area contributed by atoms with Gasteiger partial charge in [-0.2, -0.15) is 0 Å². The molecule has 160 valence electrons. The highest BCUT2D eigenvalue weighted by atomic mass is 16.5. The third kappa shape index (κ3) is 4.61. The number of aryl methyl sites for hydroxylation is 1. The van der Waals surface area contributed by atoms with Crippen LogP contribution in [-0.4, -0.2) is 31.7 Å². The topological polar surface area (TPSA) is 63.4 Å². The van der Waals surface area contributed by atoms with Gasteiger partial charge in [-0.25, -0.2) is 0 Å². The van der Waals surface area contributed by atoms with Crippen molar-refractivity contribution in [2.45, 2.75) is 39.5 Å². The van der Waals surface area contributed by atoms with E-state index < -0.39 is 0 Å². The zero-order chi connectivity index (χ0) is 21.7. The molecule has 30 heavy (non-hydrogen) atoms. The molecule has 0 saturated carbocycles. The summed E-state index contributed by atoms with van der Waals surface area (Å²) >= 11 is 0. The number of hydrogen-bond donors (Lipinski definition) is 2. The molecular formula is C25H32N2O3. The Bertz CT molecular complexity index is 1010. The lowest BCUT2D eigenvalue weighted by Gasteiger charge is -2.19. The molecule has 0 saturated heterocycles. The van der Waals surface area contributed by atoms with Crippen LogP contribution in [0.15, 0.2) is 42.6 Å². The summed E-state index contributed by atoms with van der Waals surface area (Å²) in [7, 11) is 3.26. The zero-order valence-corrected chi connectivity index (χ0v) is 18.5. The lowest BCUT2D eigenvalue weighted by molar-refractivity contribution is -0.121. The number of amides is 1. The molecule has 5 nitrogen and oxygen atoms in total. The van der Waals surface area contributed by atoms with Gasteiger partial charge in [-0.3, -0.25) is 4.79 Å². The van der Waals surface area contributed by atoms with Crippen LogP contribution in [0, 0.1) is 5.92 Å². The minimum absolute atomic E-state index is 0.0458. The number of aromatic nitrogens is 1. The smallest absolute Gasteiger partial charge is 0.220 e. The molecule has 1 amide bonds. The van der Waals surface area contributed by atoms with Gasteiger partial charge in [0.25, 0.3) is 0 Å². The van der Waals surface area contributed by atoms with Gasteiger partial charge in [0.2, 0.25) is 5.91 Å². The average Bonchev–Trinajstić information content (AvgIpc) is 3.19. The van der Waals surface area contributed by atoms with Crippen molar-refractivity contribution in [2.75, 3.05) is 20.8 Å². The van der Waals surface area contributed by atoms with Gasteiger partial charge in [0.15, 0.2) is 11.5 Å². The molecule has 1 aromatic heterocycles. The number of H-pyrrole nitrogens is 1. The molecule has 3 aromatic rings. The highest BCUT2D eigenvalue weighted by Gasteiger charge is 2.23. The SMILES string of the molecule is CCc1cccc2c(C(CC(=O)NCC(C)C)c3ccc(OC)c(OC)c3)c[nH]c12. The van der Waals surface area contributed by atoms with E-state index in [0.717, 1.165) is 28.5 Å². The van der Waals surface area contributed by atoms with Gasteiger partial charge < -0.3 is 19.8 Å². The fourth-order valence-corrected chi connectivity index (χ4v) is 3.87. The minimum atomic E-state index is -0.0992. The largest absolute Gasteiger partial charge is 0.493 e. The van der Waals surface area contributed by atoms with Crippen LogP contribution in [0.1, 0.15) is 49.8 Å². The van der Waals surface area contributed by atoms with Crippen molar-refractivity contribution >= 4 is 16.8 Å². The Morgan fingerprint density at radius 1 is 1.10 bits per heavy atom. The fourth-order valence-electron chi connectivity index (χ4n) is 3.87. The molecule has 1 atom stereocenters. The number of ether oxygens (including phenoxy) is 2. The molecule has 5 heteroatoms. The number of nitrogens with one attached hydrogen (secondary N) is 2. The maximum atomic E-state index is 12.8. The van der Waals surface area contributed by atoms with Crippen molar-refractivity contribution in [3.8, 4) is 11.5 Å².